The zero-order chi connectivity index (χ0) is 12.2. The molecule has 1 heterocycles. The number of rotatable bonds is 4. The molecular formula is C12H18N2O2. The molecule has 0 radical (unpaired) electrons. The van der Waals surface area contributed by atoms with Crippen molar-refractivity contribution in [3.63, 3.8) is 0 Å². The Balaban J connectivity index is 2.55. The Hall–Kier alpha value is -1.58. The number of pyridine rings is 1. The third-order valence-electron chi connectivity index (χ3n) is 2.15. The van der Waals surface area contributed by atoms with Gasteiger partial charge in [0.1, 0.15) is 5.82 Å². The van der Waals surface area contributed by atoms with Crippen LogP contribution in [0.1, 0.15) is 37.7 Å². The highest BCUT2D eigenvalue weighted by Gasteiger charge is 2.09. The van der Waals surface area contributed by atoms with Crippen molar-refractivity contribution in [2.24, 2.45) is 5.41 Å². The maximum absolute atomic E-state index is 10.7. The topological polar surface area (TPSA) is 62.2 Å². The van der Waals surface area contributed by atoms with Gasteiger partial charge in [0.15, 0.2) is 5.69 Å². The lowest BCUT2D eigenvalue weighted by Gasteiger charge is -2.18. The molecule has 0 aliphatic rings. The van der Waals surface area contributed by atoms with E-state index < -0.39 is 5.97 Å². The maximum atomic E-state index is 10.7. The highest BCUT2D eigenvalue weighted by molar-refractivity contribution is 5.85. The predicted octanol–water partition coefficient (Wildman–Crippen LogP) is 2.63. The molecule has 0 saturated carbocycles. The van der Waals surface area contributed by atoms with Crippen LogP contribution in [-0.2, 0) is 0 Å². The minimum absolute atomic E-state index is 0.0701. The first kappa shape index (κ1) is 12.5. The molecule has 1 aromatic rings. The number of carboxylic acid groups (broad SMARTS) is 1. The van der Waals surface area contributed by atoms with Crippen LogP contribution in [-0.4, -0.2) is 22.6 Å². The molecular weight excluding hydrogens is 204 g/mol. The largest absolute Gasteiger partial charge is 0.477 e. The van der Waals surface area contributed by atoms with Crippen LogP contribution in [0, 0.1) is 5.41 Å². The van der Waals surface area contributed by atoms with E-state index in [1.807, 2.05) is 0 Å². The molecule has 0 saturated heterocycles. The van der Waals surface area contributed by atoms with Crippen LogP contribution in [0.3, 0.4) is 0 Å². The second kappa shape index (κ2) is 4.96. The number of hydrogen-bond donors (Lipinski definition) is 2. The van der Waals surface area contributed by atoms with Gasteiger partial charge in [-0.3, -0.25) is 0 Å². The zero-order valence-electron chi connectivity index (χ0n) is 9.95. The molecule has 88 valence electrons. The van der Waals surface area contributed by atoms with E-state index in [-0.39, 0.29) is 11.1 Å². The molecule has 0 unspecified atom stereocenters. The summed E-state index contributed by atoms with van der Waals surface area (Å²) in [6.45, 7) is 7.28. The Morgan fingerprint density at radius 1 is 1.44 bits per heavy atom. The van der Waals surface area contributed by atoms with Gasteiger partial charge in [-0.05, 0) is 24.0 Å². The van der Waals surface area contributed by atoms with Crippen molar-refractivity contribution in [2.45, 2.75) is 27.2 Å². The number of nitrogens with zero attached hydrogens (tertiary/aromatic N) is 1. The van der Waals surface area contributed by atoms with Gasteiger partial charge in [-0.15, -0.1) is 0 Å². The fourth-order valence-corrected chi connectivity index (χ4v) is 1.22. The predicted molar refractivity (Wildman–Crippen MR) is 63.8 cm³/mol. The van der Waals surface area contributed by atoms with Crippen LogP contribution in [0.4, 0.5) is 5.82 Å². The summed E-state index contributed by atoms with van der Waals surface area (Å²) in [6, 6.07) is 4.95. The van der Waals surface area contributed by atoms with Gasteiger partial charge in [0.25, 0.3) is 0 Å². The van der Waals surface area contributed by atoms with E-state index in [4.69, 9.17) is 5.11 Å². The lowest BCUT2D eigenvalue weighted by molar-refractivity contribution is 0.0690. The molecule has 1 aromatic heterocycles. The smallest absolute Gasteiger partial charge is 0.354 e. The molecule has 0 amide bonds. The fourth-order valence-electron chi connectivity index (χ4n) is 1.22. The average Bonchev–Trinajstić information content (AvgIpc) is 2.16. The normalized spacial score (nSPS) is 11.2. The van der Waals surface area contributed by atoms with Gasteiger partial charge in [-0.25, -0.2) is 9.78 Å². The third kappa shape index (κ3) is 4.29. The van der Waals surface area contributed by atoms with Crippen LogP contribution in [0.25, 0.3) is 0 Å². The van der Waals surface area contributed by atoms with Gasteiger partial charge < -0.3 is 10.4 Å². The summed E-state index contributed by atoms with van der Waals surface area (Å²) in [4.78, 5) is 14.7. The number of carbonyl (C=O) groups is 1. The number of hydrogen-bond acceptors (Lipinski definition) is 3. The average molecular weight is 222 g/mol. The van der Waals surface area contributed by atoms with E-state index in [0.717, 1.165) is 13.0 Å². The third-order valence-corrected chi connectivity index (χ3v) is 2.15. The van der Waals surface area contributed by atoms with Crippen molar-refractivity contribution in [2.75, 3.05) is 11.9 Å². The zero-order valence-corrected chi connectivity index (χ0v) is 9.95. The van der Waals surface area contributed by atoms with Crippen LogP contribution in [0.15, 0.2) is 18.2 Å². The standard InChI is InChI=1S/C12H18N2O2/c1-12(2,3)7-8-13-10-6-4-5-9(14-10)11(15)16/h4-6H,7-8H2,1-3H3,(H,13,14)(H,15,16). The van der Waals surface area contributed by atoms with Crippen molar-refractivity contribution in [1.29, 1.82) is 0 Å². The number of anilines is 1. The lowest BCUT2D eigenvalue weighted by atomic mass is 9.92. The summed E-state index contributed by atoms with van der Waals surface area (Å²) < 4.78 is 0. The van der Waals surface area contributed by atoms with E-state index in [1.54, 1.807) is 12.1 Å². The van der Waals surface area contributed by atoms with E-state index in [2.05, 4.69) is 31.1 Å². The minimum atomic E-state index is -1.00. The molecule has 1 rings (SSSR count). The SMILES string of the molecule is CC(C)(C)CCNc1cccc(C(=O)O)n1. The maximum Gasteiger partial charge on any atom is 0.354 e. The van der Waals surface area contributed by atoms with Gasteiger partial charge in [-0.2, -0.15) is 0 Å². The van der Waals surface area contributed by atoms with Crippen LogP contribution < -0.4 is 5.32 Å². The van der Waals surface area contributed by atoms with Crippen molar-refractivity contribution in [1.82, 2.24) is 4.98 Å². The number of aromatic carboxylic acids is 1. The van der Waals surface area contributed by atoms with E-state index in [0.29, 0.717) is 5.82 Å². The molecule has 4 heteroatoms. The highest BCUT2D eigenvalue weighted by Crippen LogP contribution is 2.18. The minimum Gasteiger partial charge on any atom is -0.477 e. The van der Waals surface area contributed by atoms with Crippen molar-refractivity contribution >= 4 is 11.8 Å². The fraction of sp³-hybridized carbons (Fsp3) is 0.500. The Labute approximate surface area is 95.7 Å². The van der Waals surface area contributed by atoms with Gasteiger partial charge in [-0.1, -0.05) is 26.8 Å². The van der Waals surface area contributed by atoms with Crippen molar-refractivity contribution in [3.8, 4) is 0 Å². The highest BCUT2D eigenvalue weighted by atomic mass is 16.4. The summed E-state index contributed by atoms with van der Waals surface area (Å²) in [5, 5.41) is 11.9. The summed E-state index contributed by atoms with van der Waals surface area (Å²) in [7, 11) is 0. The molecule has 0 spiro atoms. The summed E-state index contributed by atoms with van der Waals surface area (Å²) in [5.41, 5.74) is 0.331. The Morgan fingerprint density at radius 2 is 2.12 bits per heavy atom. The van der Waals surface area contributed by atoms with Gasteiger partial charge in [0.05, 0.1) is 0 Å². The Bertz CT molecular complexity index is 370. The molecule has 4 nitrogen and oxygen atoms in total. The van der Waals surface area contributed by atoms with Crippen LogP contribution in [0.2, 0.25) is 0 Å². The number of aromatic nitrogens is 1. The van der Waals surface area contributed by atoms with E-state index >= 15 is 0 Å². The molecule has 2 N–H and O–H groups in total. The number of carboxylic acids is 1. The molecule has 0 atom stereocenters. The first-order valence-corrected chi connectivity index (χ1v) is 5.33. The Kier molecular flexibility index (Phi) is 3.88. The van der Waals surface area contributed by atoms with Crippen molar-refractivity contribution in [3.05, 3.63) is 23.9 Å². The van der Waals surface area contributed by atoms with Gasteiger partial charge >= 0.3 is 5.97 Å². The summed E-state index contributed by atoms with van der Waals surface area (Å²) in [5.74, 6) is -0.386. The van der Waals surface area contributed by atoms with Gasteiger partial charge in [0.2, 0.25) is 0 Å². The lowest BCUT2D eigenvalue weighted by Crippen LogP contribution is -2.14. The summed E-state index contributed by atoms with van der Waals surface area (Å²) >= 11 is 0. The second-order valence-corrected chi connectivity index (χ2v) is 4.95. The van der Waals surface area contributed by atoms with Gasteiger partial charge in [0, 0.05) is 6.54 Å². The molecule has 0 bridgehead atoms. The first-order chi connectivity index (χ1) is 7.38. The molecule has 16 heavy (non-hydrogen) atoms. The molecule has 0 fully saturated rings. The Morgan fingerprint density at radius 3 is 2.69 bits per heavy atom. The molecule has 0 aromatic carbocycles. The molecule has 0 aliphatic carbocycles. The first-order valence-electron chi connectivity index (χ1n) is 5.33. The number of nitrogens with one attached hydrogen (secondary N) is 1. The quantitative estimate of drug-likeness (QED) is 0.822. The van der Waals surface area contributed by atoms with Crippen LogP contribution >= 0.6 is 0 Å². The summed E-state index contributed by atoms with van der Waals surface area (Å²) in [6.07, 6.45) is 1.01. The van der Waals surface area contributed by atoms with E-state index in [1.165, 1.54) is 6.07 Å². The van der Waals surface area contributed by atoms with E-state index in [9.17, 15) is 4.79 Å². The van der Waals surface area contributed by atoms with Crippen molar-refractivity contribution < 1.29 is 9.90 Å². The monoisotopic (exact) mass is 222 g/mol. The second-order valence-electron chi connectivity index (χ2n) is 4.95. The van der Waals surface area contributed by atoms with Crippen LogP contribution in [0.5, 0.6) is 0 Å². The molecule has 0 aliphatic heterocycles.